The van der Waals surface area contributed by atoms with Gasteiger partial charge in [-0.3, -0.25) is 0 Å². The Bertz CT molecular complexity index is 660. The topological polar surface area (TPSA) is 45.5 Å². The van der Waals surface area contributed by atoms with E-state index in [1.165, 1.54) is 13.0 Å². The third-order valence-electron chi connectivity index (χ3n) is 4.27. The zero-order valence-electron chi connectivity index (χ0n) is 12.0. The average Bonchev–Trinajstić information content (AvgIpc) is 2.95. The van der Waals surface area contributed by atoms with Crippen LogP contribution in [0.2, 0.25) is 0 Å². The Balaban J connectivity index is 1.94. The Morgan fingerprint density at radius 1 is 1.45 bits per heavy atom. The number of benzene rings is 1. The van der Waals surface area contributed by atoms with E-state index in [0.717, 1.165) is 29.6 Å². The molecule has 1 aliphatic rings. The summed E-state index contributed by atoms with van der Waals surface area (Å²) in [6.07, 6.45) is 3.39. The van der Waals surface area contributed by atoms with Gasteiger partial charge in [0, 0.05) is 30.2 Å². The first-order chi connectivity index (χ1) is 9.54. The Hall–Kier alpha value is -1.81. The van der Waals surface area contributed by atoms with Crippen molar-refractivity contribution in [2.24, 2.45) is 5.92 Å². The minimum atomic E-state index is -0.864. The lowest BCUT2D eigenvalue weighted by Gasteiger charge is -2.12. The molecule has 106 valence electrons. The highest BCUT2D eigenvalue weighted by Crippen LogP contribution is 2.25. The van der Waals surface area contributed by atoms with Crippen LogP contribution in [0.4, 0.5) is 0 Å². The van der Waals surface area contributed by atoms with E-state index in [4.69, 9.17) is 5.11 Å². The molecule has 0 spiro atoms. The molecule has 1 N–H and O–H groups in total. The van der Waals surface area contributed by atoms with Gasteiger partial charge in [-0.15, -0.1) is 0 Å². The van der Waals surface area contributed by atoms with Crippen LogP contribution in [0.25, 0.3) is 10.9 Å². The van der Waals surface area contributed by atoms with Crippen molar-refractivity contribution in [3.63, 3.8) is 0 Å². The fourth-order valence-corrected chi connectivity index (χ4v) is 3.21. The lowest BCUT2D eigenvalue weighted by Crippen LogP contribution is -2.16. The Morgan fingerprint density at radius 3 is 2.90 bits per heavy atom. The smallest absolute Gasteiger partial charge is 0.335 e. The number of aryl methyl sites for hydroxylation is 1. The molecule has 1 aromatic carbocycles. The molecule has 4 heteroatoms. The van der Waals surface area contributed by atoms with Crippen molar-refractivity contribution in [1.82, 2.24) is 9.47 Å². The summed E-state index contributed by atoms with van der Waals surface area (Å²) in [6, 6.07) is 5.41. The summed E-state index contributed by atoms with van der Waals surface area (Å²) >= 11 is 0. The Kier molecular flexibility index (Phi) is 3.26. The molecule has 3 rings (SSSR count). The normalized spacial score (nSPS) is 19.8. The van der Waals surface area contributed by atoms with Crippen LogP contribution >= 0.6 is 0 Å². The van der Waals surface area contributed by atoms with E-state index >= 15 is 0 Å². The van der Waals surface area contributed by atoms with E-state index in [1.807, 2.05) is 13.0 Å². The maximum absolute atomic E-state index is 11.1. The number of carboxylic acids is 1. The monoisotopic (exact) mass is 272 g/mol. The van der Waals surface area contributed by atoms with Crippen molar-refractivity contribution in [2.75, 3.05) is 20.1 Å². The maximum Gasteiger partial charge on any atom is 0.335 e. The molecule has 0 aliphatic carbocycles. The lowest BCUT2D eigenvalue weighted by atomic mass is 10.1. The van der Waals surface area contributed by atoms with E-state index < -0.39 is 5.97 Å². The number of rotatable bonds is 3. The summed E-state index contributed by atoms with van der Waals surface area (Å²) in [7, 11) is 2.16. The molecule has 1 aliphatic heterocycles. The third kappa shape index (κ3) is 2.31. The summed E-state index contributed by atoms with van der Waals surface area (Å²) in [5, 5.41) is 10.1. The van der Waals surface area contributed by atoms with E-state index in [-0.39, 0.29) is 0 Å². The molecule has 2 aromatic rings. The predicted octanol–water partition coefficient (Wildman–Crippen LogP) is 2.60. The molecule has 1 aromatic heterocycles. The first kappa shape index (κ1) is 13.2. The van der Waals surface area contributed by atoms with Crippen molar-refractivity contribution in [1.29, 1.82) is 0 Å². The molecule has 0 radical (unpaired) electrons. The third-order valence-corrected chi connectivity index (χ3v) is 4.27. The number of aromatic nitrogens is 1. The summed E-state index contributed by atoms with van der Waals surface area (Å²) in [5.74, 6) is -0.175. The standard InChI is InChI=1S/C16H20N2O2/c1-11-8-18(10-12-5-6-17(2)9-12)15-4-3-13(16(19)20)7-14(11)15/h3-4,7-8,12H,5-6,9-10H2,1-2H3,(H,19,20). The fraction of sp³-hybridized carbons (Fsp3) is 0.438. The van der Waals surface area contributed by atoms with Crippen LogP contribution in [0, 0.1) is 12.8 Å². The zero-order chi connectivity index (χ0) is 14.3. The van der Waals surface area contributed by atoms with E-state index in [2.05, 4.69) is 22.7 Å². The molecule has 1 saturated heterocycles. The maximum atomic E-state index is 11.1. The van der Waals surface area contributed by atoms with E-state index in [0.29, 0.717) is 11.5 Å². The van der Waals surface area contributed by atoms with Crippen LogP contribution in [0.5, 0.6) is 0 Å². The average molecular weight is 272 g/mol. The number of hydrogen-bond donors (Lipinski definition) is 1. The summed E-state index contributed by atoms with van der Waals surface area (Å²) in [5.41, 5.74) is 2.65. The van der Waals surface area contributed by atoms with Crippen molar-refractivity contribution >= 4 is 16.9 Å². The van der Waals surface area contributed by atoms with Crippen LogP contribution in [-0.4, -0.2) is 40.7 Å². The first-order valence-electron chi connectivity index (χ1n) is 7.06. The number of likely N-dealkylation sites (tertiary alicyclic amines) is 1. The molecular weight excluding hydrogens is 252 g/mol. The quantitative estimate of drug-likeness (QED) is 0.934. The van der Waals surface area contributed by atoms with Crippen molar-refractivity contribution < 1.29 is 9.90 Å². The number of nitrogens with zero attached hydrogens (tertiary/aromatic N) is 2. The van der Waals surface area contributed by atoms with E-state index in [1.54, 1.807) is 12.1 Å². The summed E-state index contributed by atoms with van der Waals surface area (Å²) in [4.78, 5) is 13.4. The van der Waals surface area contributed by atoms with Gasteiger partial charge >= 0.3 is 5.97 Å². The van der Waals surface area contributed by atoms with Gasteiger partial charge in [0.15, 0.2) is 0 Å². The molecule has 1 atom stereocenters. The minimum Gasteiger partial charge on any atom is -0.478 e. The number of fused-ring (bicyclic) bond motifs is 1. The van der Waals surface area contributed by atoms with Gasteiger partial charge < -0.3 is 14.6 Å². The molecule has 0 bridgehead atoms. The van der Waals surface area contributed by atoms with E-state index in [9.17, 15) is 4.79 Å². The summed E-state index contributed by atoms with van der Waals surface area (Å²) in [6.45, 7) is 5.38. The van der Waals surface area contributed by atoms with Crippen LogP contribution in [0.3, 0.4) is 0 Å². The Labute approximate surface area is 118 Å². The van der Waals surface area contributed by atoms with Gasteiger partial charge in [-0.05, 0) is 56.6 Å². The van der Waals surface area contributed by atoms with Crippen LogP contribution < -0.4 is 0 Å². The van der Waals surface area contributed by atoms with Gasteiger partial charge in [-0.2, -0.15) is 0 Å². The molecule has 1 unspecified atom stereocenters. The zero-order valence-corrected chi connectivity index (χ0v) is 12.0. The highest BCUT2D eigenvalue weighted by molar-refractivity contribution is 5.94. The fourth-order valence-electron chi connectivity index (χ4n) is 3.21. The van der Waals surface area contributed by atoms with Gasteiger partial charge in [-0.1, -0.05) is 0 Å². The number of carboxylic acid groups (broad SMARTS) is 1. The second-order valence-corrected chi connectivity index (χ2v) is 5.92. The van der Waals surface area contributed by atoms with Crippen molar-refractivity contribution in [3.05, 3.63) is 35.5 Å². The van der Waals surface area contributed by atoms with Crippen LogP contribution in [0.15, 0.2) is 24.4 Å². The SMILES string of the molecule is Cc1cn(CC2CCN(C)C2)c2ccc(C(=O)O)cc12. The number of carbonyl (C=O) groups is 1. The molecular formula is C16H20N2O2. The van der Waals surface area contributed by atoms with Crippen molar-refractivity contribution in [2.45, 2.75) is 19.9 Å². The van der Waals surface area contributed by atoms with Gasteiger partial charge in [0.2, 0.25) is 0 Å². The molecule has 2 heterocycles. The highest BCUT2D eigenvalue weighted by atomic mass is 16.4. The van der Waals surface area contributed by atoms with Crippen LogP contribution in [-0.2, 0) is 6.54 Å². The lowest BCUT2D eigenvalue weighted by molar-refractivity contribution is 0.0697. The first-order valence-corrected chi connectivity index (χ1v) is 7.06. The van der Waals surface area contributed by atoms with Crippen LogP contribution in [0.1, 0.15) is 22.3 Å². The molecule has 1 fully saturated rings. The second kappa shape index (κ2) is 4.94. The minimum absolute atomic E-state index is 0.360. The molecule has 0 amide bonds. The van der Waals surface area contributed by atoms with Gasteiger partial charge in [-0.25, -0.2) is 4.79 Å². The second-order valence-electron chi connectivity index (χ2n) is 5.92. The molecule has 0 saturated carbocycles. The largest absolute Gasteiger partial charge is 0.478 e. The summed E-state index contributed by atoms with van der Waals surface area (Å²) < 4.78 is 2.28. The van der Waals surface area contributed by atoms with Crippen molar-refractivity contribution in [3.8, 4) is 0 Å². The Morgan fingerprint density at radius 2 is 2.25 bits per heavy atom. The highest BCUT2D eigenvalue weighted by Gasteiger charge is 2.20. The van der Waals surface area contributed by atoms with Gasteiger partial charge in [0.25, 0.3) is 0 Å². The number of aromatic carboxylic acids is 1. The number of hydrogen-bond acceptors (Lipinski definition) is 2. The molecule has 4 nitrogen and oxygen atoms in total. The van der Waals surface area contributed by atoms with Gasteiger partial charge in [0.05, 0.1) is 5.56 Å². The predicted molar refractivity (Wildman–Crippen MR) is 79.2 cm³/mol. The van der Waals surface area contributed by atoms with Gasteiger partial charge in [0.1, 0.15) is 0 Å². The molecule has 20 heavy (non-hydrogen) atoms.